The lowest BCUT2D eigenvalue weighted by molar-refractivity contribution is 0.0927. The maximum absolute atomic E-state index is 12.4. The van der Waals surface area contributed by atoms with E-state index in [9.17, 15) is 4.79 Å². The van der Waals surface area contributed by atoms with E-state index in [0.717, 1.165) is 25.2 Å². The molecule has 0 saturated heterocycles. The van der Waals surface area contributed by atoms with E-state index in [1.165, 1.54) is 18.1 Å². The molecule has 2 heterocycles. The van der Waals surface area contributed by atoms with E-state index in [0.29, 0.717) is 16.6 Å². The van der Waals surface area contributed by atoms with Gasteiger partial charge in [-0.1, -0.05) is 11.8 Å². The van der Waals surface area contributed by atoms with Crippen LogP contribution < -0.4 is 5.32 Å². The Balaban J connectivity index is 1.77. The van der Waals surface area contributed by atoms with Gasteiger partial charge in [0, 0.05) is 18.9 Å². The average Bonchev–Trinajstić information content (AvgIpc) is 3.29. The third-order valence-corrected chi connectivity index (χ3v) is 4.25. The SMILES string of the molecule is CCn1ncnc1C(NC(=O)c1cnc(SC)nc1)C1CC1. The first-order valence-corrected chi connectivity index (χ1v) is 8.50. The minimum Gasteiger partial charge on any atom is -0.342 e. The first-order valence-electron chi connectivity index (χ1n) is 7.27. The van der Waals surface area contributed by atoms with E-state index in [2.05, 4.69) is 25.4 Å². The minimum atomic E-state index is -0.171. The van der Waals surface area contributed by atoms with Gasteiger partial charge in [-0.25, -0.2) is 19.6 Å². The summed E-state index contributed by atoms with van der Waals surface area (Å²) in [5, 5.41) is 7.91. The number of aryl methyl sites for hydroxylation is 1. The molecule has 7 nitrogen and oxygen atoms in total. The highest BCUT2D eigenvalue weighted by Crippen LogP contribution is 2.40. The number of rotatable bonds is 6. The molecule has 1 aliphatic rings. The molecule has 8 heteroatoms. The zero-order chi connectivity index (χ0) is 15.5. The molecule has 2 aromatic heterocycles. The van der Waals surface area contributed by atoms with Gasteiger partial charge < -0.3 is 5.32 Å². The molecule has 1 saturated carbocycles. The number of aromatic nitrogens is 5. The van der Waals surface area contributed by atoms with Gasteiger partial charge in [0.25, 0.3) is 5.91 Å². The van der Waals surface area contributed by atoms with Crippen LogP contribution in [0.5, 0.6) is 0 Å². The van der Waals surface area contributed by atoms with Gasteiger partial charge >= 0.3 is 0 Å². The van der Waals surface area contributed by atoms with Crippen molar-refractivity contribution in [2.75, 3.05) is 6.26 Å². The molecule has 1 aliphatic carbocycles. The summed E-state index contributed by atoms with van der Waals surface area (Å²) in [4.78, 5) is 25.0. The number of carbonyl (C=O) groups excluding carboxylic acids is 1. The fraction of sp³-hybridized carbons (Fsp3) is 0.500. The van der Waals surface area contributed by atoms with Crippen molar-refractivity contribution < 1.29 is 4.79 Å². The molecular formula is C14H18N6OS. The first-order chi connectivity index (χ1) is 10.7. The van der Waals surface area contributed by atoms with Gasteiger partial charge in [-0.2, -0.15) is 5.10 Å². The lowest BCUT2D eigenvalue weighted by Crippen LogP contribution is -2.32. The average molecular weight is 318 g/mol. The third kappa shape index (κ3) is 3.11. The van der Waals surface area contributed by atoms with Crippen molar-refractivity contribution in [3.8, 4) is 0 Å². The van der Waals surface area contributed by atoms with Crippen molar-refractivity contribution in [3.05, 3.63) is 30.1 Å². The summed E-state index contributed by atoms with van der Waals surface area (Å²) in [7, 11) is 0. The molecule has 1 unspecified atom stereocenters. The number of amides is 1. The predicted octanol–water partition coefficient (Wildman–Crippen LogP) is 1.69. The Morgan fingerprint density at radius 1 is 1.41 bits per heavy atom. The molecule has 0 spiro atoms. The summed E-state index contributed by atoms with van der Waals surface area (Å²) in [5.74, 6) is 1.08. The van der Waals surface area contributed by atoms with Gasteiger partial charge in [0.05, 0.1) is 11.6 Å². The second-order valence-electron chi connectivity index (χ2n) is 5.18. The zero-order valence-corrected chi connectivity index (χ0v) is 13.4. The maximum Gasteiger partial charge on any atom is 0.255 e. The van der Waals surface area contributed by atoms with Crippen molar-refractivity contribution in [1.29, 1.82) is 0 Å². The molecule has 1 amide bonds. The van der Waals surface area contributed by atoms with E-state index in [4.69, 9.17) is 0 Å². The van der Waals surface area contributed by atoms with Crippen molar-refractivity contribution >= 4 is 17.7 Å². The molecule has 0 radical (unpaired) electrons. The Kier molecular flexibility index (Phi) is 4.37. The second-order valence-corrected chi connectivity index (χ2v) is 5.95. The van der Waals surface area contributed by atoms with Crippen LogP contribution >= 0.6 is 11.8 Å². The lowest BCUT2D eigenvalue weighted by atomic mass is 10.1. The van der Waals surface area contributed by atoms with Crippen LogP contribution in [-0.4, -0.2) is 36.9 Å². The maximum atomic E-state index is 12.4. The Morgan fingerprint density at radius 3 is 2.73 bits per heavy atom. The summed E-state index contributed by atoms with van der Waals surface area (Å²) >= 11 is 1.45. The van der Waals surface area contributed by atoms with Gasteiger partial charge in [-0.3, -0.25) is 4.79 Å². The number of thioether (sulfide) groups is 1. The molecular weight excluding hydrogens is 300 g/mol. The van der Waals surface area contributed by atoms with Crippen LogP contribution in [0.1, 0.15) is 42.0 Å². The van der Waals surface area contributed by atoms with Gasteiger partial charge in [0.1, 0.15) is 12.2 Å². The fourth-order valence-corrected chi connectivity index (χ4v) is 2.66. The topological polar surface area (TPSA) is 85.6 Å². The van der Waals surface area contributed by atoms with Crippen LogP contribution in [0.15, 0.2) is 23.9 Å². The zero-order valence-electron chi connectivity index (χ0n) is 12.6. The van der Waals surface area contributed by atoms with Crippen molar-refractivity contribution in [1.82, 2.24) is 30.0 Å². The van der Waals surface area contributed by atoms with Crippen LogP contribution in [0.4, 0.5) is 0 Å². The highest BCUT2D eigenvalue weighted by atomic mass is 32.2. The highest BCUT2D eigenvalue weighted by molar-refractivity contribution is 7.98. The van der Waals surface area contributed by atoms with Crippen LogP contribution in [0, 0.1) is 5.92 Å². The van der Waals surface area contributed by atoms with E-state index >= 15 is 0 Å². The Labute approximate surface area is 133 Å². The largest absolute Gasteiger partial charge is 0.342 e. The molecule has 1 atom stereocenters. The lowest BCUT2D eigenvalue weighted by Gasteiger charge is -2.18. The Hall–Kier alpha value is -1.96. The predicted molar refractivity (Wildman–Crippen MR) is 82.4 cm³/mol. The molecule has 1 fully saturated rings. The number of hydrogen-bond acceptors (Lipinski definition) is 6. The second kappa shape index (κ2) is 6.43. The van der Waals surface area contributed by atoms with E-state index in [1.54, 1.807) is 12.4 Å². The highest BCUT2D eigenvalue weighted by Gasteiger charge is 2.36. The number of nitrogens with one attached hydrogen (secondary N) is 1. The van der Waals surface area contributed by atoms with Gasteiger partial charge in [0.2, 0.25) is 0 Å². The fourth-order valence-electron chi connectivity index (χ4n) is 2.34. The van der Waals surface area contributed by atoms with Crippen molar-refractivity contribution in [2.24, 2.45) is 5.92 Å². The van der Waals surface area contributed by atoms with Crippen molar-refractivity contribution in [3.63, 3.8) is 0 Å². The van der Waals surface area contributed by atoms with Gasteiger partial charge in [0.15, 0.2) is 5.16 Å². The standard InChI is InChI=1S/C14H18N6OS/c1-3-20-12(17-8-18-20)11(9-4-5-9)19-13(21)10-6-15-14(22-2)16-7-10/h6-9,11H,3-5H2,1-2H3,(H,19,21). The van der Waals surface area contributed by atoms with E-state index < -0.39 is 0 Å². The monoisotopic (exact) mass is 318 g/mol. The summed E-state index contributed by atoms with van der Waals surface area (Å²) in [6.07, 6.45) is 8.75. The number of carbonyl (C=O) groups is 1. The molecule has 2 aromatic rings. The van der Waals surface area contributed by atoms with Crippen molar-refractivity contribution in [2.45, 2.75) is 37.5 Å². The van der Waals surface area contributed by atoms with Crippen LogP contribution in [0.3, 0.4) is 0 Å². The smallest absolute Gasteiger partial charge is 0.255 e. The summed E-state index contributed by atoms with van der Waals surface area (Å²) in [5.41, 5.74) is 0.464. The molecule has 0 aromatic carbocycles. The molecule has 0 aliphatic heterocycles. The van der Waals surface area contributed by atoms with Gasteiger partial charge in [-0.05, 0) is 31.9 Å². The van der Waals surface area contributed by atoms with Crippen LogP contribution in [-0.2, 0) is 6.54 Å². The Bertz CT molecular complexity index is 652. The van der Waals surface area contributed by atoms with E-state index in [1.807, 2.05) is 17.9 Å². The molecule has 0 bridgehead atoms. The molecule has 116 valence electrons. The van der Waals surface area contributed by atoms with E-state index in [-0.39, 0.29) is 11.9 Å². The van der Waals surface area contributed by atoms with Crippen LogP contribution in [0.2, 0.25) is 0 Å². The minimum absolute atomic E-state index is 0.102. The third-order valence-electron chi connectivity index (χ3n) is 3.68. The Morgan fingerprint density at radius 2 is 2.14 bits per heavy atom. The quantitative estimate of drug-likeness (QED) is 0.644. The van der Waals surface area contributed by atoms with Crippen LogP contribution in [0.25, 0.3) is 0 Å². The summed E-state index contributed by atoms with van der Waals surface area (Å²) in [6, 6.07) is -0.102. The molecule has 3 rings (SSSR count). The molecule has 22 heavy (non-hydrogen) atoms. The summed E-state index contributed by atoms with van der Waals surface area (Å²) < 4.78 is 1.83. The molecule has 1 N–H and O–H groups in total. The number of hydrogen-bond donors (Lipinski definition) is 1. The first kappa shape index (κ1) is 15.0. The summed E-state index contributed by atoms with van der Waals surface area (Å²) in [6.45, 7) is 2.75. The normalized spacial score (nSPS) is 15.5. The van der Waals surface area contributed by atoms with Gasteiger partial charge in [-0.15, -0.1) is 0 Å². The number of nitrogens with zero attached hydrogens (tertiary/aromatic N) is 5.